The predicted molar refractivity (Wildman–Crippen MR) is 67.9 cm³/mol. The molecule has 0 saturated carbocycles. The first-order valence-corrected chi connectivity index (χ1v) is 6.34. The van der Waals surface area contributed by atoms with E-state index in [2.05, 4.69) is 5.32 Å². The number of nitrogens with zero attached hydrogens (tertiary/aromatic N) is 1. The Labute approximate surface area is 108 Å². The number of carbonyl (C=O) groups is 2. The number of rotatable bonds is 5. The molecule has 1 aliphatic rings. The first-order valence-electron chi connectivity index (χ1n) is 6.34. The fraction of sp³-hybridized carbons (Fsp3) is 0.833. The van der Waals surface area contributed by atoms with Crippen LogP contribution in [0.4, 0.5) is 0 Å². The molecule has 0 aromatic carbocycles. The molecule has 1 aliphatic heterocycles. The lowest BCUT2D eigenvalue weighted by Crippen LogP contribution is -2.57. The fourth-order valence-corrected chi connectivity index (χ4v) is 1.93. The lowest BCUT2D eigenvalue weighted by atomic mass is 9.98. The van der Waals surface area contributed by atoms with Gasteiger partial charge in [0.15, 0.2) is 0 Å². The summed E-state index contributed by atoms with van der Waals surface area (Å²) in [6.07, 6.45) is 0.508. The van der Waals surface area contributed by atoms with Gasteiger partial charge in [0.05, 0.1) is 13.2 Å². The van der Waals surface area contributed by atoms with E-state index >= 15 is 0 Å². The van der Waals surface area contributed by atoms with Crippen molar-refractivity contribution in [3.63, 3.8) is 0 Å². The van der Waals surface area contributed by atoms with E-state index in [0.29, 0.717) is 19.6 Å². The van der Waals surface area contributed by atoms with Crippen molar-refractivity contribution < 1.29 is 14.3 Å². The van der Waals surface area contributed by atoms with Gasteiger partial charge in [-0.2, -0.15) is 0 Å². The van der Waals surface area contributed by atoms with Crippen molar-refractivity contribution in [1.82, 2.24) is 10.2 Å². The standard InChI is InChI=1S/C12H23N3O3/c1-4-15(7-10(16)14-9(2)3)11(17)12(13)5-6-18-8-12/h9H,4-8,13H2,1-3H3,(H,14,16). The zero-order valence-corrected chi connectivity index (χ0v) is 11.4. The summed E-state index contributed by atoms with van der Waals surface area (Å²) >= 11 is 0. The highest BCUT2D eigenvalue weighted by molar-refractivity contribution is 5.90. The first kappa shape index (κ1) is 14.9. The van der Waals surface area contributed by atoms with Crippen molar-refractivity contribution >= 4 is 11.8 Å². The summed E-state index contributed by atoms with van der Waals surface area (Å²) in [7, 11) is 0. The van der Waals surface area contributed by atoms with Crippen LogP contribution in [0.3, 0.4) is 0 Å². The van der Waals surface area contributed by atoms with Gasteiger partial charge < -0.3 is 20.7 Å². The quantitative estimate of drug-likeness (QED) is 0.694. The van der Waals surface area contributed by atoms with Crippen molar-refractivity contribution in [3.8, 4) is 0 Å². The maximum absolute atomic E-state index is 12.3. The van der Waals surface area contributed by atoms with Crippen LogP contribution in [-0.4, -0.2) is 54.6 Å². The molecule has 1 heterocycles. The second-order valence-corrected chi connectivity index (χ2v) is 5.00. The lowest BCUT2D eigenvalue weighted by molar-refractivity contribution is -0.140. The number of hydrogen-bond donors (Lipinski definition) is 2. The molecule has 18 heavy (non-hydrogen) atoms. The minimum Gasteiger partial charge on any atom is -0.379 e. The third-order valence-electron chi connectivity index (χ3n) is 2.93. The van der Waals surface area contributed by atoms with Gasteiger partial charge >= 0.3 is 0 Å². The van der Waals surface area contributed by atoms with Gasteiger partial charge in [-0.1, -0.05) is 0 Å². The SMILES string of the molecule is CCN(CC(=O)NC(C)C)C(=O)C1(N)CCOC1. The van der Waals surface area contributed by atoms with Crippen LogP contribution >= 0.6 is 0 Å². The summed E-state index contributed by atoms with van der Waals surface area (Å²) in [5.74, 6) is -0.371. The van der Waals surface area contributed by atoms with Crippen LogP contribution in [0.1, 0.15) is 27.2 Å². The van der Waals surface area contributed by atoms with Gasteiger partial charge in [0.1, 0.15) is 5.54 Å². The van der Waals surface area contributed by atoms with Crippen molar-refractivity contribution in [2.24, 2.45) is 5.73 Å². The molecule has 0 aromatic rings. The average molecular weight is 257 g/mol. The van der Waals surface area contributed by atoms with Crippen LogP contribution in [-0.2, 0) is 14.3 Å². The summed E-state index contributed by atoms with van der Waals surface area (Å²) in [6.45, 7) is 6.83. The van der Waals surface area contributed by atoms with E-state index in [-0.39, 0.29) is 31.0 Å². The van der Waals surface area contributed by atoms with Crippen LogP contribution < -0.4 is 11.1 Å². The highest BCUT2D eigenvalue weighted by Gasteiger charge is 2.41. The minimum atomic E-state index is -0.964. The van der Waals surface area contributed by atoms with Crippen molar-refractivity contribution in [1.29, 1.82) is 0 Å². The fourth-order valence-electron chi connectivity index (χ4n) is 1.93. The Balaban J connectivity index is 2.60. The monoisotopic (exact) mass is 257 g/mol. The summed E-state index contributed by atoms with van der Waals surface area (Å²) in [5.41, 5.74) is 5.04. The number of amides is 2. The molecule has 1 saturated heterocycles. The van der Waals surface area contributed by atoms with Crippen LogP contribution in [0.2, 0.25) is 0 Å². The van der Waals surface area contributed by atoms with E-state index in [1.54, 1.807) is 0 Å². The molecule has 1 rings (SSSR count). The maximum Gasteiger partial charge on any atom is 0.245 e. The van der Waals surface area contributed by atoms with E-state index in [0.717, 1.165) is 0 Å². The number of carbonyl (C=O) groups excluding carboxylic acids is 2. The summed E-state index contributed by atoms with van der Waals surface area (Å²) in [6, 6.07) is 0.0629. The summed E-state index contributed by atoms with van der Waals surface area (Å²) in [4.78, 5) is 25.4. The molecule has 1 fully saturated rings. The van der Waals surface area contributed by atoms with Gasteiger partial charge in [-0.25, -0.2) is 0 Å². The Hall–Kier alpha value is -1.14. The molecule has 104 valence electrons. The van der Waals surface area contributed by atoms with Crippen LogP contribution in [0, 0.1) is 0 Å². The summed E-state index contributed by atoms with van der Waals surface area (Å²) < 4.78 is 5.17. The van der Waals surface area contributed by atoms with Gasteiger partial charge in [-0.15, -0.1) is 0 Å². The Kier molecular flexibility index (Phi) is 5.10. The zero-order valence-electron chi connectivity index (χ0n) is 11.4. The molecule has 6 nitrogen and oxygen atoms in total. The molecule has 1 atom stereocenters. The van der Waals surface area contributed by atoms with Gasteiger partial charge in [-0.3, -0.25) is 9.59 Å². The molecule has 2 amide bonds. The van der Waals surface area contributed by atoms with Gasteiger partial charge in [0, 0.05) is 19.2 Å². The molecule has 0 spiro atoms. The third kappa shape index (κ3) is 3.68. The maximum atomic E-state index is 12.3. The van der Waals surface area contributed by atoms with Crippen LogP contribution in [0.5, 0.6) is 0 Å². The van der Waals surface area contributed by atoms with Gasteiger partial charge in [0.25, 0.3) is 0 Å². The van der Waals surface area contributed by atoms with Crippen molar-refractivity contribution in [3.05, 3.63) is 0 Å². The average Bonchev–Trinajstić information content (AvgIpc) is 2.72. The Bertz CT molecular complexity index is 312. The smallest absolute Gasteiger partial charge is 0.245 e. The van der Waals surface area contributed by atoms with E-state index in [1.807, 2.05) is 20.8 Å². The minimum absolute atomic E-state index is 0.0481. The molecular weight excluding hydrogens is 234 g/mol. The molecule has 0 aliphatic carbocycles. The third-order valence-corrected chi connectivity index (χ3v) is 2.93. The topological polar surface area (TPSA) is 84.7 Å². The normalized spacial score (nSPS) is 23.2. The Morgan fingerprint density at radius 2 is 2.17 bits per heavy atom. The van der Waals surface area contributed by atoms with E-state index < -0.39 is 5.54 Å². The Morgan fingerprint density at radius 1 is 1.50 bits per heavy atom. The van der Waals surface area contributed by atoms with Gasteiger partial charge in [0.2, 0.25) is 11.8 Å². The molecule has 6 heteroatoms. The number of hydrogen-bond acceptors (Lipinski definition) is 4. The second kappa shape index (κ2) is 6.15. The van der Waals surface area contributed by atoms with Gasteiger partial charge in [-0.05, 0) is 27.2 Å². The van der Waals surface area contributed by atoms with E-state index in [1.165, 1.54) is 4.90 Å². The number of likely N-dealkylation sites (N-methyl/N-ethyl adjacent to an activating group) is 1. The number of nitrogens with one attached hydrogen (secondary N) is 1. The Morgan fingerprint density at radius 3 is 2.61 bits per heavy atom. The number of ether oxygens (including phenoxy) is 1. The molecule has 1 unspecified atom stereocenters. The van der Waals surface area contributed by atoms with Crippen molar-refractivity contribution in [2.45, 2.75) is 38.8 Å². The van der Waals surface area contributed by atoms with E-state index in [9.17, 15) is 9.59 Å². The van der Waals surface area contributed by atoms with Crippen molar-refractivity contribution in [2.75, 3.05) is 26.3 Å². The summed E-state index contributed by atoms with van der Waals surface area (Å²) in [5, 5.41) is 2.76. The van der Waals surface area contributed by atoms with Crippen LogP contribution in [0.25, 0.3) is 0 Å². The molecule has 0 bridgehead atoms. The molecule has 0 aromatic heterocycles. The second-order valence-electron chi connectivity index (χ2n) is 5.00. The molecule has 0 radical (unpaired) electrons. The first-order chi connectivity index (χ1) is 8.39. The lowest BCUT2D eigenvalue weighted by Gasteiger charge is -2.29. The van der Waals surface area contributed by atoms with E-state index in [4.69, 9.17) is 10.5 Å². The molecule has 3 N–H and O–H groups in total. The highest BCUT2D eigenvalue weighted by atomic mass is 16.5. The predicted octanol–water partition coefficient (Wildman–Crippen LogP) is -0.523. The zero-order chi connectivity index (χ0) is 13.8. The van der Waals surface area contributed by atoms with Crippen LogP contribution in [0.15, 0.2) is 0 Å². The largest absolute Gasteiger partial charge is 0.379 e. The molecular formula is C12H23N3O3. The number of nitrogens with two attached hydrogens (primary N) is 1. The highest BCUT2D eigenvalue weighted by Crippen LogP contribution is 2.18.